The van der Waals surface area contributed by atoms with Crippen molar-refractivity contribution in [2.24, 2.45) is 28.6 Å². The van der Waals surface area contributed by atoms with E-state index >= 15 is 0 Å². The molecule has 4 aliphatic carbocycles. The number of hydrogen-bond donors (Lipinski definition) is 0. The zero-order valence-electron chi connectivity index (χ0n) is 12.7. The Labute approximate surface area is 122 Å². The predicted molar refractivity (Wildman–Crippen MR) is 80.9 cm³/mol. The van der Waals surface area contributed by atoms with E-state index in [-0.39, 0.29) is 5.41 Å². The number of carbonyl (C=O) groups excluding carboxylic acids is 1. The number of carbonyl (C=O) groups is 1. The molecular formula is C19H25O. The molecule has 0 spiro atoms. The summed E-state index contributed by atoms with van der Waals surface area (Å²) in [5, 5.41) is 0. The van der Waals surface area contributed by atoms with E-state index in [0.717, 1.165) is 30.6 Å². The zero-order valence-corrected chi connectivity index (χ0v) is 12.7. The molecule has 0 N–H and O–H groups in total. The van der Waals surface area contributed by atoms with Gasteiger partial charge in [-0.1, -0.05) is 26.0 Å². The molecule has 0 aromatic carbocycles. The summed E-state index contributed by atoms with van der Waals surface area (Å²) in [4.78, 5) is 11.7. The number of hydrogen-bond acceptors (Lipinski definition) is 1. The first-order valence-electron chi connectivity index (χ1n) is 8.30. The summed E-state index contributed by atoms with van der Waals surface area (Å²) in [6.45, 7) is 4.90. The van der Waals surface area contributed by atoms with Crippen molar-refractivity contribution in [1.29, 1.82) is 0 Å². The van der Waals surface area contributed by atoms with Crippen molar-refractivity contribution in [1.82, 2.24) is 0 Å². The van der Waals surface area contributed by atoms with Crippen molar-refractivity contribution < 1.29 is 4.79 Å². The van der Waals surface area contributed by atoms with Gasteiger partial charge in [-0.05, 0) is 78.8 Å². The normalized spacial score (nSPS) is 50.2. The topological polar surface area (TPSA) is 17.1 Å². The van der Waals surface area contributed by atoms with Crippen LogP contribution in [0, 0.1) is 35.0 Å². The summed E-state index contributed by atoms with van der Waals surface area (Å²) in [6, 6.07) is 0. The maximum absolute atomic E-state index is 11.7. The van der Waals surface area contributed by atoms with Crippen LogP contribution in [-0.4, -0.2) is 5.78 Å². The van der Waals surface area contributed by atoms with Crippen LogP contribution < -0.4 is 0 Å². The van der Waals surface area contributed by atoms with Crippen LogP contribution in [0.15, 0.2) is 23.8 Å². The molecule has 1 heteroatoms. The van der Waals surface area contributed by atoms with Gasteiger partial charge in [-0.2, -0.15) is 0 Å². The first-order valence-corrected chi connectivity index (χ1v) is 8.30. The van der Waals surface area contributed by atoms with E-state index in [4.69, 9.17) is 0 Å². The lowest BCUT2D eigenvalue weighted by Gasteiger charge is -2.55. The van der Waals surface area contributed by atoms with Crippen LogP contribution in [0.4, 0.5) is 0 Å². The highest BCUT2D eigenvalue weighted by molar-refractivity contribution is 5.92. The van der Waals surface area contributed by atoms with Gasteiger partial charge >= 0.3 is 0 Å². The molecule has 0 bridgehead atoms. The van der Waals surface area contributed by atoms with Gasteiger partial charge in [0.1, 0.15) is 0 Å². The Balaban J connectivity index is 1.76. The minimum Gasteiger partial charge on any atom is -0.295 e. The van der Waals surface area contributed by atoms with Crippen molar-refractivity contribution in [2.45, 2.75) is 52.4 Å². The molecular weight excluding hydrogens is 244 g/mol. The number of fused-ring (bicyclic) bond motifs is 5. The van der Waals surface area contributed by atoms with Crippen LogP contribution in [0.1, 0.15) is 52.4 Å². The van der Waals surface area contributed by atoms with Crippen molar-refractivity contribution in [3.05, 3.63) is 30.2 Å². The summed E-state index contributed by atoms with van der Waals surface area (Å²) >= 11 is 0. The van der Waals surface area contributed by atoms with Gasteiger partial charge in [-0.25, -0.2) is 0 Å². The average molecular weight is 269 g/mol. The SMILES string of the molecule is C[C@@]12[CH]CC[C@H]1[C@@H]1C=CC3=CC(=O)CC[C@]3(C)[C@H]1CC2. The van der Waals surface area contributed by atoms with Gasteiger partial charge in [0.25, 0.3) is 0 Å². The van der Waals surface area contributed by atoms with Gasteiger partial charge in [0.15, 0.2) is 5.78 Å². The Hall–Kier alpha value is -0.850. The smallest absolute Gasteiger partial charge is 0.156 e. The fraction of sp³-hybridized carbons (Fsp3) is 0.684. The first-order chi connectivity index (χ1) is 9.53. The van der Waals surface area contributed by atoms with Crippen LogP contribution >= 0.6 is 0 Å². The molecule has 0 aromatic heterocycles. The maximum Gasteiger partial charge on any atom is 0.156 e. The molecule has 5 atom stereocenters. The lowest BCUT2D eigenvalue weighted by molar-refractivity contribution is -0.116. The van der Waals surface area contributed by atoms with Crippen LogP contribution in [0.2, 0.25) is 0 Å². The Morgan fingerprint density at radius 2 is 2.00 bits per heavy atom. The molecule has 0 amide bonds. The molecule has 0 saturated heterocycles. The Kier molecular flexibility index (Phi) is 2.63. The minimum absolute atomic E-state index is 0.261. The molecule has 2 saturated carbocycles. The lowest BCUT2D eigenvalue weighted by Crippen LogP contribution is -2.47. The summed E-state index contributed by atoms with van der Waals surface area (Å²) in [5.74, 6) is 2.67. The Bertz CT molecular complexity index is 514. The standard InChI is InChI=1S/C19H25O/c1-18-9-3-4-16(18)15-6-5-13-12-14(20)7-11-19(13,2)17(15)8-10-18/h5-6,9,12,15-17H,3-4,7-8,10-11H2,1-2H3/t15-,16-,17-,18-,19-/m0/s1. The molecule has 20 heavy (non-hydrogen) atoms. The van der Waals surface area contributed by atoms with Crippen molar-refractivity contribution in [2.75, 3.05) is 0 Å². The van der Waals surface area contributed by atoms with Crippen LogP contribution in [0.3, 0.4) is 0 Å². The van der Waals surface area contributed by atoms with Gasteiger partial charge < -0.3 is 0 Å². The number of allylic oxidation sites excluding steroid dienone is 4. The second-order valence-corrected chi connectivity index (χ2v) is 7.96. The first kappa shape index (κ1) is 12.9. The fourth-order valence-corrected chi connectivity index (χ4v) is 5.73. The van der Waals surface area contributed by atoms with Crippen molar-refractivity contribution >= 4 is 5.78 Å². The zero-order chi connectivity index (χ0) is 14.0. The van der Waals surface area contributed by atoms with E-state index in [9.17, 15) is 4.79 Å². The van der Waals surface area contributed by atoms with Crippen molar-refractivity contribution in [3.63, 3.8) is 0 Å². The predicted octanol–water partition coefficient (Wildman–Crippen LogP) is 4.50. The minimum atomic E-state index is 0.261. The van der Waals surface area contributed by atoms with E-state index in [1.165, 1.54) is 31.3 Å². The van der Waals surface area contributed by atoms with Gasteiger partial charge in [0.2, 0.25) is 0 Å². The quantitative estimate of drug-likeness (QED) is 0.633. The Morgan fingerprint density at radius 1 is 1.15 bits per heavy atom. The highest BCUT2D eigenvalue weighted by Crippen LogP contribution is 2.63. The summed E-state index contributed by atoms with van der Waals surface area (Å²) in [7, 11) is 0. The van der Waals surface area contributed by atoms with Crippen molar-refractivity contribution in [3.8, 4) is 0 Å². The number of ketones is 1. The third-order valence-corrected chi connectivity index (χ3v) is 7.04. The fourth-order valence-electron chi connectivity index (χ4n) is 5.73. The van der Waals surface area contributed by atoms with E-state index in [2.05, 4.69) is 32.4 Å². The van der Waals surface area contributed by atoms with Crippen LogP contribution in [0.25, 0.3) is 0 Å². The van der Waals surface area contributed by atoms with Gasteiger partial charge in [-0.3, -0.25) is 4.79 Å². The Morgan fingerprint density at radius 3 is 2.85 bits per heavy atom. The maximum atomic E-state index is 11.7. The molecule has 1 radical (unpaired) electrons. The summed E-state index contributed by atoms with van der Waals surface area (Å²) in [6.07, 6.45) is 16.5. The largest absolute Gasteiger partial charge is 0.295 e. The molecule has 4 aliphatic rings. The molecule has 107 valence electrons. The molecule has 0 heterocycles. The van der Waals surface area contributed by atoms with E-state index in [1.807, 2.05) is 6.08 Å². The van der Waals surface area contributed by atoms with E-state index in [0.29, 0.717) is 11.2 Å². The molecule has 2 fully saturated rings. The molecule has 0 aromatic rings. The second-order valence-electron chi connectivity index (χ2n) is 7.96. The third-order valence-electron chi connectivity index (χ3n) is 7.04. The van der Waals surface area contributed by atoms with Crippen LogP contribution in [-0.2, 0) is 4.79 Å². The summed E-state index contributed by atoms with van der Waals surface area (Å²) < 4.78 is 0. The lowest BCUT2D eigenvalue weighted by atomic mass is 9.49. The molecule has 0 unspecified atom stereocenters. The highest BCUT2D eigenvalue weighted by Gasteiger charge is 2.54. The summed E-state index contributed by atoms with van der Waals surface area (Å²) in [5.41, 5.74) is 2.06. The van der Waals surface area contributed by atoms with E-state index in [1.54, 1.807) is 0 Å². The molecule has 1 nitrogen and oxygen atoms in total. The van der Waals surface area contributed by atoms with Gasteiger partial charge in [0, 0.05) is 6.42 Å². The van der Waals surface area contributed by atoms with Crippen LogP contribution in [0.5, 0.6) is 0 Å². The average Bonchev–Trinajstić information content (AvgIpc) is 2.81. The highest BCUT2D eigenvalue weighted by atomic mass is 16.1. The second kappa shape index (κ2) is 4.08. The monoisotopic (exact) mass is 269 g/mol. The number of rotatable bonds is 0. The molecule has 0 aliphatic heterocycles. The van der Waals surface area contributed by atoms with E-state index < -0.39 is 0 Å². The third kappa shape index (κ3) is 1.58. The molecule has 4 rings (SSSR count). The van der Waals surface area contributed by atoms with Gasteiger partial charge in [-0.15, -0.1) is 0 Å². The van der Waals surface area contributed by atoms with Gasteiger partial charge in [0.05, 0.1) is 0 Å².